The molecule has 1 heterocycles. The minimum atomic E-state index is 0.368. The minimum Gasteiger partial charge on any atom is -0.508 e. The molecule has 1 saturated carbocycles. The highest BCUT2D eigenvalue weighted by molar-refractivity contribution is 5.25. The summed E-state index contributed by atoms with van der Waals surface area (Å²) in [5, 5.41) is 9.36. The molecule has 1 unspecified atom stereocenters. The molecular weight excluding hydrogens is 258 g/mol. The maximum absolute atomic E-state index is 9.36. The predicted molar refractivity (Wildman–Crippen MR) is 87.6 cm³/mol. The topological polar surface area (TPSA) is 23.5 Å². The van der Waals surface area contributed by atoms with Crippen molar-refractivity contribution in [3.05, 3.63) is 29.8 Å². The Hall–Kier alpha value is -1.02. The summed E-state index contributed by atoms with van der Waals surface area (Å²) < 4.78 is 0. The van der Waals surface area contributed by atoms with Crippen LogP contribution in [0.1, 0.15) is 57.4 Å². The molecular formula is C19H29NO. The van der Waals surface area contributed by atoms with E-state index < -0.39 is 0 Å². The minimum absolute atomic E-state index is 0.368. The Bertz CT molecular complexity index is 439. The highest BCUT2D eigenvalue weighted by atomic mass is 16.3. The van der Waals surface area contributed by atoms with Gasteiger partial charge in [-0.15, -0.1) is 0 Å². The van der Waals surface area contributed by atoms with E-state index >= 15 is 0 Å². The van der Waals surface area contributed by atoms with Crippen LogP contribution in [0, 0.1) is 5.92 Å². The summed E-state index contributed by atoms with van der Waals surface area (Å²) in [6.45, 7) is 3.72. The van der Waals surface area contributed by atoms with Gasteiger partial charge < -0.3 is 5.11 Å². The van der Waals surface area contributed by atoms with Crippen LogP contribution in [0.25, 0.3) is 0 Å². The van der Waals surface area contributed by atoms with Crippen molar-refractivity contribution in [2.24, 2.45) is 5.92 Å². The lowest BCUT2D eigenvalue weighted by atomic mass is 9.77. The Morgan fingerprint density at radius 2 is 1.81 bits per heavy atom. The maximum atomic E-state index is 9.36. The van der Waals surface area contributed by atoms with E-state index in [1.165, 1.54) is 57.1 Å². The van der Waals surface area contributed by atoms with Crippen LogP contribution in [0.2, 0.25) is 0 Å². The molecule has 0 radical (unpaired) electrons. The number of phenols is 1. The van der Waals surface area contributed by atoms with Gasteiger partial charge in [0.15, 0.2) is 0 Å². The first kappa shape index (κ1) is 14.9. The largest absolute Gasteiger partial charge is 0.508 e. The Morgan fingerprint density at radius 1 is 1.10 bits per heavy atom. The lowest BCUT2D eigenvalue weighted by molar-refractivity contribution is 0.0289. The average Bonchev–Trinajstić information content (AvgIpc) is 2.53. The summed E-state index contributed by atoms with van der Waals surface area (Å²) in [5.41, 5.74) is 1.34. The van der Waals surface area contributed by atoms with E-state index in [2.05, 4.69) is 24.0 Å². The average molecular weight is 287 g/mol. The SMILES string of the molecule is CC(CCc1ccc(O)cc1)N1CCC[C@H]2CCCC[C@H]21. The van der Waals surface area contributed by atoms with Gasteiger partial charge in [0.2, 0.25) is 0 Å². The Kier molecular flexibility index (Phi) is 4.84. The number of fused-ring (bicyclic) bond motifs is 1. The molecule has 2 aliphatic rings. The van der Waals surface area contributed by atoms with Gasteiger partial charge in [0, 0.05) is 12.1 Å². The van der Waals surface area contributed by atoms with Crippen LogP contribution in [0.15, 0.2) is 24.3 Å². The van der Waals surface area contributed by atoms with Gasteiger partial charge in [0.25, 0.3) is 0 Å². The number of benzene rings is 1. The molecule has 21 heavy (non-hydrogen) atoms. The lowest BCUT2D eigenvalue weighted by Gasteiger charge is -2.47. The number of hydrogen-bond acceptors (Lipinski definition) is 2. The van der Waals surface area contributed by atoms with Gasteiger partial charge in [-0.2, -0.15) is 0 Å². The molecule has 0 spiro atoms. The van der Waals surface area contributed by atoms with Crippen molar-refractivity contribution in [1.29, 1.82) is 0 Å². The molecule has 3 rings (SSSR count). The van der Waals surface area contributed by atoms with Gasteiger partial charge in [-0.25, -0.2) is 0 Å². The molecule has 0 amide bonds. The molecule has 1 N–H and O–H groups in total. The second kappa shape index (κ2) is 6.83. The van der Waals surface area contributed by atoms with Crippen molar-refractivity contribution in [3.63, 3.8) is 0 Å². The number of hydrogen-bond donors (Lipinski definition) is 1. The third kappa shape index (κ3) is 3.60. The molecule has 0 bridgehead atoms. The van der Waals surface area contributed by atoms with Crippen molar-refractivity contribution in [1.82, 2.24) is 4.90 Å². The van der Waals surface area contributed by atoms with Crippen molar-refractivity contribution in [2.75, 3.05) is 6.54 Å². The number of piperidine rings is 1. The van der Waals surface area contributed by atoms with Crippen molar-refractivity contribution >= 4 is 0 Å². The lowest BCUT2D eigenvalue weighted by Crippen LogP contribution is -2.50. The molecule has 1 aromatic carbocycles. The molecule has 1 aromatic rings. The van der Waals surface area contributed by atoms with Crippen molar-refractivity contribution < 1.29 is 5.11 Å². The molecule has 2 heteroatoms. The molecule has 116 valence electrons. The fourth-order valence-corrected chi connectivity index (χ4v) is 4.41. The van der Waals surface area contributed by atoms with E-state index in [9.17, 15) is 5.11 Å². The first-order valence-corrected chi connectivity index (χ1v) is 8.77. The van der Waals surface area contributed by atoms with Gasteiger partial charge in [0.05, 0.1) is 0 Å². The first-order valence-electron chi connectivity index (χ1n) is 8.77. The zero-order valence-corrected chi connectivity index (χ0v) is 13.3. The fraction of sp³-hybridized carbons (Fsp3) is 0.684. The van der Waals surface area contributed by atoms with Crippen LogP contribution >= 0.6 is 0 Å². The van der Waals surface area contributed by atoms with Gasteiger partial charge in [-0.1, -0.05) is 25.0 Å². The third-order valence-electron chi connectivity index (χ3n) is 5.64. The Balaban J connectivity index is 1.56. The second-order valence-electron chi connectivity index (χ2n) is 7.05. The molecule has 3 atom stereocenters. The highest BCUT2D eigenvalue weighted by Gasteiger charge is 2.34. The molecule has 1 saturated heterocycles. The monoisotopic (exact) mass is 287 g/mol. The van der Waals surface area contributed by atoms with Crippen LogP contribution in [-0.2, 0) is 6.42 Å². The van der Waals surface area contributed by atoms with E-state index in [4.69, 9.17) is 0 Å². The Labute approximate surface area is 129 Å². The standard InChI is InChI=1S/C19H29NO/c1-15(8-9-16-10-12-18(21)13-11-16)20-14-4-6-17-5-2-3-7-19(17)20/h10-13,15,17,19,21H,2-9,14H2,1H3/t15?,17-,19-/m1/s1. The normalized spacial score (nSPS) is 28.0. The van der Waals surface area contributed by atoms with E-state index in [1.807, 2.05) is 0 Å². The number of aryl methyl sites for hydroxylation is 1. The smallest absolute Gasteiger partial charge is 0.115 e. The number of nitrogens with zero attached hydrogens (tertiary/aromatic N) is 1. The summed E-state index contributed by atoms with van der Waals surface area (Å²) in [7, 11) is 0. The van der Waals surface area contributed by atoms with Crippen LogP contribution in [0.3, 0.4) is 0 Å². The molecule has 1 aliphatic carbocycles. The number of aromatic hydroxyl groups is 1. The van der Waals surface area contributed by atoms with Gasteiger partial charge in [0.1, 0.15) is 5.75 Å². The van der Waals surface area contributed by atoms with Gasteiger partial charge in [-0.3, -0.25) is 4.90 Å². The molecule has 2 fully saturated rings. The summed E-state index contributed by atoms with van der Waals surface area (Å²) in [6, 6.07) is 9.27. The number of likely N-dealkylation sites (tertiary alicyclic amines) is 1. The van der Waals surface area contributed by atoms with E-state index in [1.54, 1.807) is 12.1 Å². The highest BCUT2D eigenvalue weighted by Crippen LogP contribution is 2.36. The van der Waals surface area contributed by atoms with Gasteiger partial charge in [-0.05, 0) is 75.6 Å². The molecule has 1 aliphatic heterocycles. The second-order valence-corrected chi connectivity index (χ2v) is 7.05. The molecule has 0 aromatic heterocycles. The zero-order valence-electron chi connectivity index (χ0n) is 13.3. The first-order chi connectivity index (χ1) is 10.2. The van der Waals surface area contributed by atoms with E-state index in [0.29, 0.717) is 11.8 Å². The predicted octanol–water partition coefficient (Wildman–Crippen LogP) is 4.37. The quantitative estimate of drug-likeness (QED) is 0.889. The van der Waals surface area contributed by atoms with Crippen LogP contribution in [0.4, 0.5) is 0 Å². The number of phenolic OH excluding ortho intramolecular Hbond substituents is 1. The maximum Gasteiger partial charge on any atom is 0.115 e. The van der Waals surface area contributed by atoms with Gasteiger partial charge >= 0.3 is 0 Å². The summed E-state index contributed by atoms with van der Waals surface area (Å²) in [6.07, 6.45) is 11.0. The van der Waals surface area contributed by atoms with E-state index in [-0.39, 0.29) is 0 Å². The third-order valence-corrected chi connectivity index (χ3v) is 5.64. The van der Waals surface area contributed by atoms with Crippen molar-refractivity contribution in [2.45, 2.75) is 70.4 Å². The van der Waals surface area contributed by atoms with Crippen LogP contribution in [-0.4, -0.2) is 28.6 Å². The molecule has 2 nitrogen and oxygen atoms in total. The summed E-state index contributed by atoms with van der Waals surface area (Å²) in [5.74, 6) is 1.34. The van der Waals surface area contributed by atoms with Crippen molar-refractivity contribution in [3.8, 4) is 5.75 Å². The Morgan fingerprint density at radius 3 is 2.62 bits per heavy atom. The van der Waals surface area contributed by atoms with E-state index in [0.717, 1.165) is 18.4 Å². The number of rotatable bonds is 4. The zero-order chi connectivity index (χ0) is 14.7. The summed E-state index contributed by atoms with van der Waals surface area (Å²) in [4.78, 5) is 2.81. The van der Waals surface area contributed by atoms with Crippen LogP contribution < -0.4 is 0 Å². The summed E-state index contributed by atoms with van der Waals surface area (Å²) >= 11 is 0. The fourth-order valence-electron chi connectivity index (χ4n) is 4.41. The van der Waals surface area contributed by atoms with Crippen LogP contribution in [0.5, 0.6) is 5.75 Å².